The first kappa shape index (κ1) is 14.2. The van der Waals surface area contributed by atoms with Crippen molar-refractivity contribution >= 4 is 11.9 Å². The third-order valence-corrected chi connectivity index (χ3v) is 3.49. The molecule has 8 nitrogen and oxygen atoms in total. The van der Waals surface area contributed by atoms with Crippen LogP contribution in [-0.4, -0.2) is 44.1 Å². The zero-order valence-electron chi connectivity index (χ0n) is 11.7. The van der Waals surface area contributed by atoms with E-state index >= 15 is 0 Å². The van der Waals surface area contributed by atoms with Crippen LogP contribution in [-0.2, 0) is 11.8 Å². The Labute approximate surface area is 115 Å². The molecular formula is C12H16N4O4. The van der Waals surface area contributed by atoms with Crippen LogP contribution in [0, 0.1) is 6.92 Å². The number of nitrogens with one attached hydrogen (secondary N) is 1. The van der Waals surface area contributed by atoms with E-state index in [0.29, 0.717) is 5.56 Å². The maximum Gasteiger partial charge on any atom is 0.347 e. The molecule has 2 N–H and O–H groups in total. The number of hydrogen-bond acceptors (Lipinski definition) is 5. The van der Waals surface area contributed by atoms with Crippen molar-refractivity contribution in [3.05, 3.63) is 27.9 Å². The molecule has 8 heteroatoms. The fourth-order valence-corrected chi connectivity index (χ4v) is 2.34. The van der Waals surface area contributed by atoms with Gasteiger partial charge in [0.2, 0.25) is 0 Å². The summed E-state index contributed by atoms with van der Waals surface area (Å²) in [6, 6.07) is -1.66. The number of amides is 3. The summed E-state index contributed by atoms with van der Waals surface area (Å²) >= 11 is 0. The number of aromatic nitrogens is 2. The summed E-state index contributed by atoms with van der Waals surface area (Å²) in [4.78, 5) is 40.2. The van der Waals surface area contributed by atoms with E-state index in [1.807, 2.05) is 0 Å². The number of aryl methyl sites for hydroxylation is 2. The van der Waals surface area contributed by atoms with Gasteiger partial charge < -0.3 is 14.6 Å². The molecule has 2 atom stereocenters. The second-order valence-corrected chi connectivity index (χ2v) is 5.12. The summed E-state index contributed by atoms with van der Waals surface area (Å²) in [6.07, 6.45) is 1.55. The lowest BCUT2D eigenvalue weighted by molar-refractivity contribution is -0.147. The van der Waals surface area contributed by atoms with Crippen molar-refractivity contribution in [1.82, 2.24) is 19.8 Å². The third kappa shape index (κ3) is 1.97. The Kier molecular flexibility index (Phi) is 3.13. The summed E-state index contributed by atoms with van der Waals surface area (Å²) in [6.45, 7) is 2.98. The highest BCUT2D eigenvalue weighted by Gasteiger charge is 2.50. The molecule has 1 aromatic rings. The van der Waals surface area contributed by atoms with Crippen LogP contribution in [0.1, 0.15) is 24.2 Å². The molecule has 2 heterocycles. The molecule has 1 aliphatic rings. The van der Waals surface area contributed by atoms with E-state index in [0.717, 1.165) is 4.90 Å². The minimum Gasteiger partial charge on any atom is -0.378 e. The van der Waals surface area contributed by atoms with Crippen LogP contribution in [0.3, 0.4) is 0 Å². The molecule has 0 spiro atoms. The molecule has 3 amide bonds. The molecule has 0 saturated carbocycles. The van der Waals surface area contributed by atoms with Gasteiger partial charge in [-0.05, 0) is 19.4 Å². The van der Waals surface area contributed by atoms with Gasteiger partial charge in [0.05, 0.1) is 5.69 Å². The van der Waals surface area contributed by atoms with Crippen molar-refractivity contribution in [2.75, 3.05) is 7.05 Å². The zero-order valence-corrected chi connectivity index (χ0v) is 11.7. The number of urea groups is 1. The lowest BCUT2D eigenvalue weighted by atomic mass is 9.88. The fourth-order valence-electron chi connectivity index (χ4n) is 2.34. The average molecular weight is 280 g/mol. The van der Waals surface area contributed by atoms with E-state index in [1.165, 1.54) is 18.5 Å². The zero-order chi connectivity index (χ0) is 15.2. The molecule has 2 unspecified atom stereocenters. The van der Waals surface area contributed by atoms with E-state index in [-0.39, 0.29) is 5.69 Å². The first-order valence-electron chi connectivity index (χ1n) is 6.01. The molecule has 1 saturated heterocycles. The van der Waals surface area contributed by atoms with Crippen LogP contribution in [0.4, 0.5) is 4.79 Å². The van der Waals surface area contributed by atoms with Crippen molar-refractivity contribution in [2.45, 2.75) is 25.5 Å². The van der Waals surface area contributed by atoms with Crippen LogP contribution in [0.2, 0.25) is 0 Å². The summed E-state index contributed by atoms with van der Waals surface area (Å²) < 4.78 is 1.29. The van der Waals surface area contributed by atoms with E-state index in [1.54, 1.807) is 20.2 Å². The lowest BCUT2D eigenvalue weighted by Crippen LogP contribution is -2.63. The Hall–Kier alpha value is -2.22. The van der Waals surface area contributed by atoms with Crippen LogP contribution in [0.5, 0.6) is 0 Å². The molecule has 1 aromatic heterocycles. The van der Waals surface area contributed by atoms with Gasteiger partial charge in [0.25, 0.3) is 5.91 Å². The molecule has 0 bridgehead atoms. The van der Waals surface area contributed by atoms with Crippen LogP contribution in [0.15, 0.2) is 11.0 Å². The SMILES string of the molecule is Cc1cn(C)c(=O)nc1C1N(C)C(=O)NC(=O)C1(C)O. The number of hydrogen-bond donors (Lipinski definition) is 2. The van der Waals surface area contributed by atoms with Gasteiger partial charge in [0, 0.05) is 20.3 Å². The summed E-state index contributed by atoms with van der Waals surface area (Å²) in [5, 5.41) is 12.4. The topological polar surface area (TPSA) is 105 Å². The minimum atomic E-state index is -1.87. The quantitative estimate of drug-likeness (QED) is 0.691. The van der Waals surface area contributed by atoms with Crippen LogP contribution in [0.25, 0.3) is 0 Å². The number of aliphatic hydroxyl groups is 1. The van der Waals surface area contributed by atoms with Gasteiger partial charge in [-0.15, -0.1) is 0 Å². The molecular weight excluding hydrogens is 264 g/mol. The molecule has 108 valence electrons. The van der Waals surface area contributed by atoms with Crippen LogP contribution < -0.4 is 11.0 Å². The van der Waals surface area contributed by atoms with Gasteiger partial charge in [-0.2, -0.15) is 4.98 Å². The number of nitrogens with zero attached hydrogens (tertiary/aromatic N) is 3. The first-order valence-corrected chi connectivity index (χ1v) is 6.01. The van der Waals surface area contributed by atoms with Gasteiger partial charge in [-0.3, -0.25) is 10.1 Å². The highest BCUT2D eigenvalue weighted by molar-refractivity contribution is 6.01. The van der Waals surface area contributed by atoms with Gasteiger partial charge in [-0.25, -0.2) is 9.59 Å². The van der Waals surface area contributed by atoms with Crippen molar-refractivity contribution in [2.24, 2.45) is 7.05 Å². The van der Waals surface area contributed by atoms with Gasteiger partial charge in [-0.1, -0.05) is 0 Å². The predicted octanol–water partition coefficient (Wildman–Crippen LogP) is -0.938. The van der Waals surface area contributed by atoms with Gasteiger partial charge in [0.1, 0.15) is 6.04 Å². The number of likely N-dealkylation sites (N-methyl/N-ethyl adjacent to an activating group) is 1. The minimum absolute atomic E-state index is 0.212. The first-order chi connectivity index (χ1) is 9.16. The molecule has 20 heavy (non-hydrogen) atoms. The Bertz CT molecular complexity index is 649. The standard InChI is InChI=1S/C12H16N4O4/c1-6-5-15(3)10(18)13-7(6)8-12(2,20)9(17)14-11(19)16(8)4/h5,8,20H,1-4H3,(H,14,17,19). The predicted molar refractivity (Wildman–Crippen MR) is 68.9 cm³/mol. The van der Waals surface area contributed by atoms with Crippen molar-refractivity contribution in [3.63, 3.8) is 0 Å². The van der Waals surface area contributed by atoms with Crippen molar-refractivity contribution < 1.29 is 14.7 Å². The largest absolute Gasteiger partial charge is 0.378 e. The van der Waals surface area contributed by atoms with E-state index < -0.39 is 29.3 Å². The van der Waals surface area contributed by atoms with E-state index in [4.69, 9.17) is 0 Å². The second kappa shape index (κ2) is 4.41. The summed E-state index contributed by atoms with van der Waals surface area (Å²) in [5.41, 5.74) is -1.57. The molecule has 0 aromatic carbocycles. The Morgan fingerprint density at radius 3 is 2.55 bits per heavy atom. The van der Waals surface area contributed by atoms with Gasteiger partial charge in [0.15, 0.2) is 5.60 Å². The number of rotatable bonds is 1. The third-order valence-electron chi connectivity index (χ3n) is 3.49. The number of carbonyl (C=O) groups is 2. The highest BCUT2D eigenvalue weighted by atomic mass is 16.3. The Balaban J connectivity index is 2.64. The Morgan fingerprint density at radius 1 is 1.35 bits per heavy atom. The van der Waals surface area contributed by atoms with Crippen molar-refractivity contribution in [1.29, 1.82) is 0 Å². The van der Waals surface area contributed by atoms with Crippen LogP contribution >= 0.6 is 0 Å². The number of imide groups is 1. The Morgan fingerprint density at radius 2 is 1.95 bits per heavy atom. The maximum absolute atomic E-state index is 11.8. The molecule has 0 radical (unpaired) electrons. The molecule has 2 rings (SSSR count). The molecule has 0 aliphatic carbocycles. The highest BCUT2D eigenvalue weighted by Crippen LogP contribution is 2.33. The monoisotopic (exact) mass is 280 g/mol. The van der Waals surface area contributed by atoms with Gasteiger partial charge >= 0.3 is 11.7 Å². The van der Waals surface area contributed by atoms with Crippen molar-refractivity contribution in [3.8, 4) is 0 Å². The number of carbonyl (C=O) groups excluding carboxylic acids is 2. The average Bonchev–Trinajstić information content (AvgIpc) is 2.33. The fraction of sp³-hybridized carbons (Fsp3) is 0.500. The normalized spacial score (nSPS) is 26.6. The lowest BCUT2D eigenvalue weighted by Gasteiger charge is -2.41. The smallest absolute Gasteiger partial charge is 0.347 e. The van der Waals surface area contributed by atoms with E-state index in [2.05, 4.69) is 10.3 Å². The maximum atomic E-state index is 11.8. The second-order valence-electron chi connectivity index (χ2n) is 5.12. The molecule has 1 fully saturated rings. The van der Waals surface area contributed by atoms with E-state index in [9.17, 15) is 19.5 Å². The molecule has 1 aliphatic heterocycles. The summed E-state index contributed by atoms with van der Waals surface area (Å²) in [7, 11) is 2.98. The summed E-state index contributed by atoms with van der Waals surface area (Å²) in [5.74, 6) is -0.813.